The number of nitrogens with zero attached hydrogens (tertiary/aromatic N) is 4. The maximum absolute atomic E-state index is 13.5. The number of halogens is 3. The van der Waals surface area contributed by atoms with E-state index in [2.05, 4.69) is 6.07 Å². The topological polar surface area (TPSA) is 95.2 Å². The van der Waals surface area contributed by atoms with Gasteiger partial charge in [-0.05, 0) is 110 Å². The normalized spacial score (nSPS) is 12.1. The molecule has 0 saturated carbocycles. The van der Waals surface area contributed by atoms with Crippen LogP contribution in [0.25, 0.3) is 55.7 Å². The molecule has 5 aromatic carbocycles. The van der Waals surface area contributed by atoms with Gasteiger partial charge in [0.15, 0.2) is 0 Å². The van der Waals surface area contributed by atoms with Gasteiger partial charge in [0.05, 0.1) is 5.56 Å². The smallest absolute Gasteiger partial charge is 0.192 e. The van der Waals surface area contributed by atoms with Crippen molar-refractivity contribution in [2.75, 3.05) is 0 Å². The summed E-state index contributed by atoms with van der Waals surface area (Å²) in [5.74, 6) is 0. The summed E-state index contributed by atoms with van der Waals surface area (Å²) in [7, 11) is 0. The van der Waals surface area contributed by atoms with Crippen molar-refractivity contribution in [2.45, 2.75) is 13.1 Å². The molecule has 0 aromatic heterocycles. The Kier molecular flexibility index (Phi) is 6.64. The van der Waals surface area contributed by atoms with Crippen LogP contribution in [0.5, 0.6) is 0 Å². The average molecular weight is 613 g/mol. The molecule has 0 N–H and O–H groups in total. The Balaban J connectivity index is 1.47. The van der Waals surface area contributed by atoms with Crippen LogP contribution in [0.4, 0.5) is 13.2 Å². The predicted molar refractivity (Wildman–Crippen MR) is 172 cm³/mol. The number of fused-ring (bicyclic) bond motifs is 6. The van der Waals surface area contributed by atoms with Gasteiger partial charge in [0, 0.05) is 11.1 Å². The van der Waals surface area contributed by atoms with E-state index >= 15 is 0 Å². The molecular formula is C40H19F3N4. The molecule has 0 unspecified atom stereocenters. The van der Waals surface area contributed by atoms with Crippen LogP contribution < -0.4 is 0 Å². The lowest BCUT2D eigenvalue weighted by atomic mass is 9.92. The van der Waals surface area contributed by atoms with Crippen molar-refractivity contribution < 1.29 is 13.2 Å². The van der Waals surface area contributed by atoms with Gasteiger partial charge < -0.3 is 0 Å². The summed E-state index contributed by atoms with van der Waals surface area (Å²) in [6.07, 6.45) is -4.52. The first-order valence-corrected chi connectivity index (χ1v) is 14.5. The highest BCUT2D eigenvalue weighted by Gasteiger charge is 2.34. The minimum atomic E-state index is -4.52. The maximum Gasteiger partial charge on any atom is 0.416 e. The number of alkyl halides is 3. The van der Waals surface area contributed by atoms with Crippen molar-refractivity contribution in [3.05, 3.63) is 142 Å². The van der Waals surface area contributed by atoms with Gasteiger partial charge in [0.25, 0.3) is 0 Å². The fourth-order valence-electron chi connectivity index (χ4n) is 6.59. The van der Waals surface area contributed by atoms with Gasteiger partial charge in [-0.25, -0.2) is 0 Å². The van der Waals surface area contributed by atoms with Crippen LogP contribution in [0, 0.1) is 52.2 Å². The zero-order chi connectivity index (χ0) is 33.0. The molecule has 0 spiro atoms. The summed E-state index contributed by atoms with van der Waals surface area (Å²) in [6, 6.07) is 36.0. The van der Waals surface area contributed by atoms with E-state index in [0.717, 1.165) is 51.1 Å². The van der Waals surface area contributed by atoms with Crippen molar-refractivity contribution >= 4 is 11.1 Å². The van der Waals surface area contributed by atoms with Crippen LogP contribution in [-0.2, 0) is 6.18 Å². The summed E-state index contributed by atoms with van der Waals surface area (Å²) in [5, 5.41) is 40.1. The van der Waals surface area contributed by atoms with E-state index in [-0.39, 0.29) is 11.1 Å². The van der Waals surface area contributed by atoms with Gasteiger partial charge in [-0.1, -0.05) is 66.2 Å². The first-order valence-electron chi connectivity index (χ1n) is 14.5. The molecule has 7 heteroatoms. The first kappa shape index (κ1) is 29.1. The predicted octanol–water partition coefficient (Wildman–Crippen LogP) is 10.0. The Labute approximate surface area is 268 Å². The van der Waals surface area contributed by atoms with Crippen molar-refractivity contribution in [3.63, 3.8) is 0 Å². The van der Waals surface area contributed by atoms with E-state index in [1.165, 1.54) is 6.07 Å². The third kappa shape index (κ3) is 4.59. The lowest BCUT2D eigenvalue weighted by Gasteiger charge is -2.11. The summed E-state index contributed by atoms with van der Waals surface area (Å²) >= 11 is 0. The minimum absolute atomic E-state index is 0.0694. The van der Waals surface area contributed by atoms with Gasteiger partial charge >= 0.3 is 6.18 Å². The highest BCUT2D eigenvalue weighted by Crippen LogP contribution is 2.54. The second-order valence-corrected chi connectivity index (χ2v) is 11.4. The van der Waals surface area contributed by atoms with Gasteiger partial charge in [-0.15, -0.1) is 0 Å². The highest BCUT2D eigenvalue weighted by molar-refractivity contribution is 6.11. The monoisotopic (exact) mass is 612 g/mol. The largest absolute Gasteiger partial charge is 0.416 e. The van der Waals surface area contributed by atoms with Crippen molar-refractivity contribution in [3.8, 4) is 68.8 Å². The van der Waals surface area contributed by atoms with Crippen LogP contribution in [0.15, 0.2) is 108 Å². The third-order valence-corrected chi connectivity index (χ3v) is 8.68. The van der Waals surface area contributed by atoms with Crippen LogP contribution in [0.1, 0.15) is 33.4 Å². The molecule has 2 aliphatic carbocycles. The number of aryl methyl sites for hydroxylation is 1. The lowest BCUT2D eigenvalue weighted by Crippen LogP contribution is -2.04. The van der Waals surface area contributed by atoms with E-state index in [1.54, 1.807) is 24.3 Å². The molecule has 220 valence electrons. The number of benzene rings is 5. The SMILES string of the molecule is Cc1cccc(-c2ccc3c(c2)C(=C(C#N)C#N)c2cc4c(cc2-3)-c2ccc(-c3cccc(C(F)(F)F)c3)cc2C4=C(C#N)C#N)c1. The number of allylic oxidation sites excluding steroid dienone is 2. The molecule has 0 fully saturated rings. The first-order chi connectivity index (χ1) is 22.7. The molecule has 0 heterocycles. The summed E-state index contributed by atoms with van der Waals surface area (Å²) in [5.41, 5.74) is 9.17. The van der Waals surface area contributed by atoms with Crippen molar-refractivity contribution in [2.24, 2.45) is 0 Å². The van der Waals surface area contributed by atoms with Gasteiger partial charge in [0.1, 0.15) is 35.4 Å². The van der Waals surface area contributed by atoms with Crippen LogP contribution in [0.2, 0.25) is 0 Å². The van der Waals surface area contributed by atoms with Gasteiger partial charge in [-0.3, -0.25) is 0 Å². The summed E-state index contributed by atoms with van der Waals surface area (Å²) in [6.45, 7) is 2.01. The lowest BCUT2D eigenvalue weighted by molar-refractivity contribution is -0.137. The third-order valence-electron chi connectivity index (χ3n) is 8.68. The summed E-state index contributed by atoms with van der Waals surface area (Å²) in [4.78, 5) is 0. The maximum atomic E-state index is 13.5. The van der Waals surface area contributed by atoms with E-state index in [1.807, 2.05) is 79.7 Å². The Morgan fingerprint density at radius 3 is 1.36 bits per heavy atom. The number of nitriles is 4. The molecule has 47 heavy (non-hydrogen) atoms. The molecule has 0 aliphatic heterocycles. The molecule has 0 saturated heterocycles. The zero-order valence-electron chi connectivity index (χ0n) is 24.7. The van der Waals surface area contributed by atoms with Crippen molar-refractivity contribution in [1.82, 2.24) is 0 Å². The quantitative estimate of drug-likeness (QED) is 0.182. The Bertz CT molecular complexity index is 2420. The van der Waals surface area contributed by atoms with Gasteiger partial charge in [-0.2, -0.15) is 34.2 Å². The van der Waals surface area contributed by atoms with E-state index < -0.39 is 11.7 Å². The fraction of sp³-hybridized carbons (Fsp3) is 0.0500. The molecule has 5 aromatic rings. The number of hydrogen-bond acceptors (Lipinski definition) is 4. The van der Waals surface area contributed by atoms with Crippen LogP contribution in [0.3, 0.4) is 0 Å². The molecule has 2 aliphatic rings. The molecule has 0 amide bonds. The Morgan fingerprint density at radius 1 is 0.468 bits per heavy atom. The molecule has 7 rings (SSSR count). The van der Waals surface area contributed by atoms with E-state index in [0.29, 0.717) is 44.5 Å². The molecule has 0 bridgehead atoms. The van der Waals surface area contributed by atoms with Crippen LogP contribution in [-0.4, -0.2) is 0 Å². The number of rotatable bonds is 2. The molecule has 4 nitrogen and oxygen atoms in total. The van der Waals surface area contributed by atoms with E-state index in [4.69, 9.17) is 0 Å². The standard InChI is InChI=1S/C40H19F3N4/c1-22-4-2-5-23(12-22)25-8-10-30-32-16-33-31-11-9-26(24-6-3-7-29(13-24)40(41,42)43)15-35(31)39(28(20-46)21-47)37(33)17-36(32)38(34(30)14-25)27(18-44)19-45/h2-17H,1H3. The average Bonchev–Trinajstić information content (AvgIpc) is 3.56. The molecule has 0 radical (unpaired) electrons. The zero-order valence-corrected chi connectivity index (χ0v) is 24.7. The van der Waals surface area contributed by atoms with Crippen molar-refractivity contribution in [1.29, 1.82) is 21.0 Å². The fourth-order valence-corrected chi connectivity index (χ4v) is 6.59. The highest BCUT2D eigenvalue weighted by atomic mass is 19.4. The Hall–Kier alpha value is -6.67. The van der Waals surface area contributed by atoms with Gasteiger partial charge in [0.2, 0.25) is 0 Å². The Morgan fingerprint density at radius 2 is 0.894 bits per heavy atom. The second kappa shape index (κ2) is 10.7. The second-order valence-electron chi connectivity index (χ2n) is 11.4. The number of hydrogen-bond donors (Lipinski definition) is 0. The van der Waals surface area contributed by atoms with Crippen LogP contribution >= 0.6 is 0 Å². The summed E-state index contributed by atoms with van der Waals surface area (Å²) < 4.78 is 40.5. The molecular weight excluding hydrogens is 593 g/mol. The molecule has 0 atom stereocenters. The van der Waals surface area contributed by atoms with E-state index in [9.17, 15) is 34.2 Å². The minimum Gasteiger partial charge on any atom is -0.192 e.